The fourth-order valence-corrected chi connectivity index (χ4v) is 4.14. The number of hydrogen-bond donors (Lipinski definition) is 9. The van der Waals surface area contributed by atoms with Gasteiger partial charge in [-0.1, -0.05) is 18.2 Å². The van der Waals surface area contributed by atoms with Crippen molar-refractivity contribution in [3.8, 4) is 0 Å². The maximum absolute atomic E-state index is 13.2. The number of unbranched alkanes of at least 4 members (excludes halogenated alkanes) is 1. The van der Waals surface area contributed by atoms with Crippen LogP contribution in [0, 0.1) is 0 Å². The van der Waals surface area contributed by atoms with Gasteiger partial charge in [-0.25, -0.2) is 4.79 Å². The highest BCUT2D eigenvalue weighted by atomic mass is 16.4. The molecule has 0 spiro atoms. The largest absolute Gasteiger partial charge is 0.480 e. The highest BCUT2D eigenvalue weighted by Crippen LogP contribution is 2.19. The molecule has 1 aromatic heterocycles. The first-order valence-electron chi connectivity index (χ1n) is 13.1. The van der Waals surface area contributed by atoms with Crippen LogP contribution in [0.5, 0.6) is 0 Å². The molecular weight excluding hydrogens is 536 g/mol. The second kappa shape index (κ2) is 15.9. The Morgan fingerprint density at radius 1 is 0.829 bits per heavy atom. The lowest BCUT2D eigenvalue weighted by atomic mass is 10.0. The van der Waals surface area contributed by atoms with Crippen molar-refractivity contribution >= 4 is 46.4 Å². The van der Waals surface area contributed by atoms with Crippen molar-refractivity contribution in [2.75, 3.05) is 6.54 Å². The quantitative estimate of drug-likeness (QED) is 0.0876. The lowest BCUT2D eigenvalue weighted by Gasteiger charge is -2.25. The Kier molecular flexibility index (Phi) is 12.7. The maximum Gasteiger partial charge on any atom is 0.326 e. The molecule has 0 fully saturated rings. The highest BCUT2D eigenvalue weighted by Gasteiger charge is 2.31. The van der Waals surface area contributed by atoms with Crippen molar-refractivity contribution in [3.05, 3.63) is 36.0 Å². The molecule has 2 rings (SSSR count). The Hall–Kier alpha value is -4.50. The Bertz CT molecular complexity index is 1250. The highest BCUT2D eigenvalue weighted by molar-refractivity contribution is 5.96. The van der Waals surface area contributed by atoms with Crippen molar-refractivity contribution in [1.82, 2.24) is 20.9 Å². The van der Waals surface area contributed by atoms with Gasteiger partial charge in [-0.3, -0.25) is 24.0 Å². The third-order valence-electron chi connectivity index (χ3n) is 6.37. The SMILES string of the molecule is NCCCCC(NC(=O)C(CC(N)=O)NC(=O)C(N)CCC(N)=O)C(=O)NC(Cc1c[nH]c2ccccc12)C(=O)O. The van der Waals surface area contributed by atoms with Crippen molar-refractivity contribution in [3.63, 3.8) is 0 Å². The molecule has 2 aromatic rings. The molecule has 15 nitrogen and oxygen atoms in total. The number of H-pyrrole nitrogens is 1. The minimum Gasteiger partial charge on any atom is -0.480 e. The summed E-state index contributed by atoms with van der Waals surface area (Å²) in [5.74, 6) is -5.37. The standard InChI is InChI=1S/C26H38N8O7/c27-10-4-3-7-18(32-25(39)19(12-22(30)36)33-23(37)16(28)8-9-21(29)35)24(38)34-20(26(40)41)11-14-13-31-17-6-2-1-5-15(14)17/h1-2,5-6,13,16,18-20,31H,3-4,7-12,27-28H2,(H2,29,35)(H2,30,36)(H,32,39)(H,33,37)(H,34,38)(H,40,41). The molecule has 1 heterocycles. The number of carboxylic acid groups (broad SMARTS) is 1. The van der Waals surface area contributed by atoms with E-state index in [2.05, 4.69) is 20.9 Å². The van der Waals surface area contributed by atoms with Crippen molar-refractivity contribution in [2.45, 2.75) is 69.1 Å². The van der Waals surface area contributed by atoms with Crippen LogP contribution in [0.4, 0.5) is 0 Å². The number of aromatic nitrogens is 1. The number of hydrogen-bond acceptors (Lipinski definition) is 8. The Morgan fingerprint density at radius 2 is 1.46 bits per heavy atom. The summed E-state index contributed by atoms with van der Waals surface area (Å²) < 4.78 is 0. The molecule has 0 radical (unpaired) electrons. The molecule has 0 bridgehead atoms. The van der Waals surface area contributed by atoms with Crippen LogP contribution in [-0.4, -0.2) is 76.3 Å². The zero-order valence-electron chi connectivity index (χ0n) is 22.6. The molecule has 4 unspecified atom stereocenters. The number of amides is 5. The lowest BCUT2D eigenvalue weighted by Crippen LogP contribution is -2.58. The summed E-state index contributed by atoms with van der Waals surface area (Å²) in [4.78, 5) is 76.5. The molecule has 224 valence electrons. The number of fused-ring (bicyclic) bond motifs is 1. The molecule has 0 saturated heterocycles. The number of nitrogens with one attached hydrogen (secondary N) is 4. The van der Waals surface area contributed by atoms with E-state index in [1.54, 1.807) is 6.20 Å². The first kappa shape index (κ1) is 32.7. The van der Waals surface area contributed by atoms with Crippen LogP contribution in [0.2, 0.25) is 0 Å². The Labute approximate surface area is 236 Å². The molecule has 5 amide bonds. The van der Waals surface area contributed by atoms with Gasteiger partial charge < -0.3 is 49.0 Å². The first-order valence-corrected chi connectivity index (χ1v) is 13.1. The topological polar surface area (TPSA) is 279 Å². The third-order valence-corrected chi connectivity index (χ3v) is 6.37. The van der Waals surface area contributed by atoms with E-state index in [-0.39, 0.29) is 25.7 Å². The molecule has 4 atom stereocenters. The van der Waals surface area contributed by atoms with Crippen LogP contribution in [0.25, 0.3) is 10.9 Å². The van der Waals surface area contributed by atoms with E-state index in [1.807, 2.05) is 24.3 Å². The van der Waals surface area contributed by atoms with Gasteiger partial charge in [0.25, 0.3) is 0 Å². The first-order chi connectivity index (χ1) is 19.4. The monoisotopic (exact) mass is 574 g/mol. The van der Waals surface area contributed by atoms with E-state index in [0.717, 1.165) is 10.9 Å². The van der Waals surface area contributed by atoms with E-state index >= 15 is 0 Å². The zero-order chi connectivity index (χ0) is 30.5. The van der Waals surface area contributed by atoms with E-state index in [0.29, 0.717) is 24.9 Å². The van der Waals surface area contributed by atoms with Gasteiger partial charge in [0.1, 0.15) is 18.1 Å². The summed E-state index contributed by atoms with van der Waals surface area (Å²) in [7, 11) is 0. The molecule has 0 aliphatic rings. The van der Waals surface area contributed by atoms with E-state index in [1.165, 1.54) is 0 Å². The van der Waals surface area contributed by atoms with E-state index in [9.17, 15) is 33.9 Å². The van der Waals surface area contributed by atoms with Crippen LogP contribution >= 0.6 is 0 Å². The second-order valence-corrected chi connectivity index (χ2v) is 9.65. The second-order valence-electron chi connectivity index (χ2n) is 9.65. The fourth-order valence-electron chi connectivity index (χ4n) is 4.14. The van der Waals surface area contributed by atoms with Crippen molar-refractivity contribution < 1.29 is 33.9 Å². The molecular formula is C26H38N8O7. The predicted molar refractivity (Wildman–Crippen MR) is 149 cm³/mol. The van der Waals surface area contributed by atoms with Crippen LogP contribution in [0.1, 0.15) is 44.1 Å². The molecule has 0 aliphatic carbocycles. The molecule has 15 heteroatoms. The molecule has 41 heavy (non-hydrogen) atoms. The summed E-state index contributed by atoms with van der Waals surface area (Å²) in [5.41, 5.74) is 23.1. The van der Waals surface area contributed by atoms with Gasteiger partial charge in [0.15, 0.2) is 0 Å². The minimum atomic E-state index is -1.48. The number of rotatable bonds is 18. The van der Waals surface area contributed by atoms with Gasteiger partial charge in [0.05, 0.1) is 12.5 Å². The summed E-state index contributed by atoms with van der Waals surface area (Å²) >= 11 is 0. The van der Waals surface area contributed by atoms with Crippen LogP contribution in [0.15, 0.2) is 30.5 Å². The summed E-state index contributed by atoms with van der Waals surface area (Å²) in [6.07, 6.45) is 1.81. The molecule has 0 aliphatic heterocycles. The number of aliphatic carboxylic acids is 1. The van der Waals surface area contributed by atoms with Crippen LogP contribution < -0.4 is 38.9 Å². The Morgan fingerprint density at radius 3 is 2.10 bits per heavy atom. The van der Waals surface area contributed by atoms with Crippen LogP contribution in [-0.2, 0) is 35.2 Å². The summed E-state index contributed by atoms with van der Waals surface area (Å²) in [6.45, 7) is 0.324. The third kappa shape index (κ3) is 10.5. The molecule has 1 aromatic carbocycles. The van der Waals surface area contributed by atoms with Gasteiger partial charge in [-0.15, -0.1) is 0 Å². The number of carboxylic acids is 1. The summed E-state index contributed by atoms with van der Waals surface area (Å²) in [6, 6.07) is 2.09. The zero-order valence-corrected chi connectivity index (χ0v) is 22.6. The average Bonchev–Trinajstić information content (AvgIpc) is 3.32. The van der Waals surface area contributed by atoms with Gasteiger partial charge in [-0.2, -0.15) is 0 Å². The minimum absolute atomic E-state index is 0.0297. The van der Waals surface area contributed by atoms with Crippen LogP contribution in [0.3, 0.4) is 0 Å². The summed E-state index contributed by atoms with van der Waals surface area (Å²) in [5, 5.41) is 17.9. The number of aromatic amines is 1. The number of carbonyl (C=O) groups excluding carboxylic acids is 5. The molecule has 0 saturated carbocycles. The Balaban J connectivity index is 2.17. The smallest absolute Gasteiger partial charge is 0.326 e. The van der Waals surface area contributed by atoms with Gasteiger partial charge in [-0.05, 0) is 43.9 Å². The van der Waals surface area contributed by atoms with Gasteiger partial charge in [0.2, 0.25) is 29.5 Å². The number of benzene rings is 1. The number of carbonyl (C=O) groups is 6. The number of para-hydroxylation sites is 1. The van der Waals surface area contributed by atoms with E-state index in [4.69, 9.17) is 22.9 Å². The normalized spacial score (nSPS) is 13.9. The number of nitrogens with two attached hydrogens (primary N) is 4. The fraction of sp³-hybridized carbons (Fsp3) is 0.462. The van der Waals surface area contributed by atoms with E-state index < -0.39 is 66.1 Å². The maximum atomic E-state index is 13.2. The predicted octanol–water partition coefficient (Wildman–Crippen LogP) is -2.15. The van der Waals surface area contributed by atoms with Gasteiger partial charge in [0, 0.05) is 29.9 Å². The van der Waals surface area contributed by atoms with Crippen molar-refractivity contribution in [1.29, 1.82) is 0 Å². The molecule has 13 N–H and O–H groups in total. The van der Waals surface area contributed by atoms with Gasteiger partial charge >= 0.3 is 5.97 Å². The van der Waals surface area contributed by atoms with Crippen molar-refractivity contribution in [2.24, 2.45) is 22.9 Å². The number of primary amides is 2. The average molecular weight is 575 g/mol. The lowest BCUT2D eigenvalue weighted by molar-refractivity contribution is -0.142.